The van der Waals surface area contributed by atoms with Crippen molar-refractivity contribution in [2.24, 2.45) is 0 Å². The molecule has 5 nitrogen and oxygen atoms in total. The highest BCUT2D eigenvalue weighted by molar-refractivity contribution is 6.12. The number of nitrogens with one attached hydrogen (secondary N) is 1. The van der Waals surface area contributed by atoms with Gasteiger partial charge in [-0.25, -0.2) is 9.37 Å². The third-order valence-corrected chi connectivity index (χ3v) is 4.22. The summed E-state index contributed by atoms with van der Waals surface area (Å²) in [5, 5.41) is 2.67. The number of carbonyl (C=O) groups excluding carboxylic acids is 2. The molecule has 1 aliphatic heterocycles. The summed E-state index contributed by atoms with van der Waals surface area (Å²) in [6, 6.07) is 13.0. The Morgan fingerprint density at radius 2 is 1.92 bits per heavy atom. The van der Waals surface area contributed by atoms with Gasteiger partial charge >= 0.3 is 0 Å². The Kier molecular flexibility index (Phi) is 3.37. The Labute approximate surface area is 137 Å². The van der Waals surface area contributed by atoms with Gasteiger partial charge < -0.3 is 9.88 Å². The highest BCUT2D eigenvalue weighted by atomic mass is 19.1. The third kappa shape index (κ3) is 2.36. The van der Waals surface area contributed by atoms with Crippen molar-refractivity contribution in [1.82, 2.24) is 9.55 Å². The maximum absolute atomic E-state index is 13.0. The summed E-state index contributed by atoms with van der Waals surface area (Å²) in [5.74, 6) is -1.47. The van der Waals surface area contributed by atoms with Gasteiger partial charge in [0, 0.05) is 18.7 Å². The van der Waals surface area contributed by atoms with Gasteiger partial charge in [-0.05, 0) is 36.4 Å². The van der Waals surface area contributed by atoms with Crippen molar-refractivity contribution in [3.63, 3.8) is 0 Å². The molecule has 0 saturated carbocycles. The van der Waals surface area contributed by atoms with E-state index in [9.17, 15) is 14.0 Å². The summed E-state index contributed by atoms with van der Waals surface area (Å²) in [7, 11) is 0. The summed E-state index contributed by atoms with van der Waals surface area (Å²) in [6.07, 6.45) is 0.287. The topological polar surface area (TPSA) is 64.0 Å². The molecule has 2 aromatic carbocycles. The number of benzene rings is 2. The Bertz CT molecular complexity index is 947. The van der Waals surface area contributed by atoms with Crippen LogP contribution in [0.25, 0.3) is 11.0 Å². The fourth-order valence-corrected chi connectivity index (χ4v) is 3.07. The quantitative estimate of drug-likeness (QED) is 0.738. The molecule has 3 aromatic rings. The van der Waals surface area contributed by atoms with Crippen molar-refractivity contribution >= 4 is 28.4 Å². The number of Topliss-reactive ketones (excluding diaryl/α,β-unsaturated/α-hetero) is 1. The molecule has 120 valence electrons. The summed E-state index contributed by atoms with van der Waals surface area (Å²) in [6.45, 7) is 0.523. The maximum Gasteiger partial charge on any atom is 0.242 e. The highest BCUT2D eigenvalue weighted by Crippen LogP contribution is 2.29. The molecule has 1 aliphatic rings. The van der Waals surface area contributed by atoms with Gasteiger partial charge in [-0.3, -0.25) is 9.59 Å². The zero-order chi connectivity index (χ0) is 16.7. The number of anilines is 1. The number of imidazole rings is 1. The first-order chi connectivity index (χ1) is 11.6. The second kappa shape index (κ2) is 5.56. The van der Waals surface area contributed by atoms with Crippen LogP contribution in [0.4, 0.5) is 10.1 Å². The molecule has 0 aliphatic carbocycles. The predicted octanol–water partition coefficient (Wildman–Crippen LogP) is 2.87. The van der Waals surface area contributed by atoms with E-state index in [0.717, 1.165) is 11.0 Å². The number of amides is 1. The van der Waals surface area contributed by atoms with Crippen molar-refractivity contribution in [2.75, 3.05) is 5.32 Å². The molecule has 1 N–H and O–H groups in total. The lowest BCUT2D eigenvalue weighted by Crippen LogP contribution is -2.34. The maximum atomic E-state index is 13.0. The minimum Gasteiger partial charge on any atom is -0.326 e. The van der Waals surface area contributed by atoms with Gasteiger partial charge in [-0.15, -0.1) is 0 Å². The molecule has 0 bridgehead atoms. The van der Waals surface area contributed by atoms with Crippen LogP contribution in [0.1, 0.15) is 18.2 Å². The molecular weight excluding hydrogens is 309 g/mol. The minimum absolute atomic E-state index is 0.155. The molecule has 4 rings (SSSR count). The van der Waals surface area contributed by atoms with Crippen molar-refractivity contribution in [3.05, 3.63) is 60.2 Å². The molecule has 2 heterocycles. The number of halogens is 1. The molecule has 0 saturated heterocycles. The molecule has 1 amide bonds. The number of aromatic nitrogens is 2. The Morgan fingerprint density at radius 3 is 2.71 bits per heavy atom. The standard InChI is InChI=1S/C18H14FN3O2/c19-11-5-7-12(8-6-11)20-18(24)16-15(23)9-10-22-14-4-2-1-3-13(14)21-17(16)22/h1-8,16H,9-10H2,(H,20,24). The van der Waals surface area contributed by atoms with E-state index in [-0.39, 0.29) is 18.0 Å². The lowest BCUT2D eigenvalue weighted by atomic mass is 9.96. The zero-order valence-corrected chi connectivity index (χ0v) is 12.7. The Balaban J connectivity index is 1.71. The smallest absolute Gasteiger partial charge is 0.242 e. The van der Waals surface area contributed by atoms with Gasteiger partial charge in [-0.1, -0.05) is 12.1 Å². The molecule has 1 unspecified atom stereocenters. The van der Waals surface area contributed by atoms with Crippen LogP contribution in [-0.2, 0) is 16.1 Å². The van der Waals surface area contributed by atoms with E-state index in [1.54, 1.807) is 0 Å². The average molecular weight is 323 g/mol. The number of fused-ring (bicyclic) bond motifs is 3. The monoisotopic (exact) mass is 323 g/mol. The largest absolute Gasteiger partial charge is 0.326 e. The first-order valence-corrected chi connectivity index (χ1v) is 7.68. The SMILES string of the molecule is O=C1CCn2c(nc3ccccc32)C1C(=O)Nc1ccc(F)cc1. The molecule has 1 aromatic heterocycles. The van der Waals surface area contributed by atoms with Gasteiger partial charge in [0.1, 0.15) is 11.6 Å². The van der Waals surface area contributed by atoms with Crippen LogP contribution in [0.5, 0.6) is 0 Å². The van der Waals surface area contributed by atoms with Crippen LogP contribution >= 0.6 is 0 Å². The van der Waals surface area contributed by atoms with Crippen LogP contribution in [0.15, 0.2) is 48.5 Å². The van der Waals surface area contributed by atoms with Crippen molar-refractivity contribution in [3.8, 4) is 0 Å². The van der Waals surface area contributed by atoms with Gasteiger partial charge in [0.15, 0.2) is 11.7 Å². The molecule has 24 heavy (non-hydrogen) atoms. The van der Waals surface area contributed by atoms with Crippen LogP contribution < -0.4 is 5.32 Å². The minimum atomic E-state index is -0.948. The molecule has 0 spiro atoms. The zero-order valence-electron chi connectivity index (χ0n) is 12.7. The van der Waals surface area contributed by atoms with Gasteiger partial charge in [-0.2, -0.15) is 0 Å². The van der Waals surface area contributed by atoms with E-state index in [1.165, 1.54) is 24.3 Å². The summed E-state index contributed by atoms with van der Waals surface area (Å²) < 4.78 is 14.9. The van der Waals surface area contributed by atoms with Crippen LogP contribution in [0.2, 0.25) is 0 Å². The molecular formula is C18H14FN3O2. The number of nitrogens with zero attached hydrogens (tertiary/aromatic N) is 2. The highest BCUT2D eigenvalue weighted by Gasteiger charge is 2.36. The van der Waals surface area contributed by atoms with Gasteiger partial charge in [0.2, 0.25) is 5.91 Å². The van der Waals surface area contributed by atoms with Crippen LogP contribution in [0.3, 0.4) is 0 Å². The first-order valence-electron chi connectivity index (χ1n) is 7.68. The summed E-state index contributed by atoms with van der Waals surface area (Å²) in [4.78, 5) is 29.5. The van der Waals surface area contributed by atoms with Gasteiger partial charge in [0.05, 0.1) is 11.0 Å². The van der Waals surface area contributed by atoms with E-state index in [1.807, 2.05) is 28.8 Å². The number of aryl methyl sites for hydroxylation is 1. The van der Waals surface area contributed by atoms with Crippen molar-refractivity contribution < 1.29 is 14.0 Å². The predicted molar refractivity (Wildman–Crippen MR) is 87.1 cm³/mol. The fraction of sp³-hybridized carbons (Fsp3) is 0.167. The van der Waals surface area contributed by atoms with Crippen LogP contribution in [0, 0.1) is 5.82 Å². The van der Waals surface area contributed by atoms with E-state index in [2.05, 4.69) is 10.3 Å². The van der Waals surface area contributed by atoms with E-state index < -0.39 is 11.8 Å². The molecule has 6 heteroatoms. The third-order valence-electron chi connectivity index (χ3n) is 4.22. The lowest BCUT2D eigenvalue weighted by molar-refractivity contribution is -0.128. The number of ketones is 1. The van der Waals surface area contributed by atoms with Gasteiger partial charge in [0.25, 0.3) is 0 Å². The van der Waals surface area contributed by atoms with E-state index in [0.29, 0.717) is 18.1 Å². The first kappa shape index (κ1) is 14.6. The number of para-hydroxylation sites is 2. The fourth-order valence-electron chi connectivity index (χ4n) is 3.07. The molecule has 0 fully saturated rings. The van der Waals surface area contributed by atoms with Crippen LogP contribution in [-0.4, -0.2) is 21.2 Å². The molecule has 0 radical (unpaired) electrons. The second-order valence-electron chi connectivity index (χ2n) is 5.76. The lowest BCUT2D eigenvalue weighted by Gasteiger charge is -2.22. The number of rotatable bonds is 2. The van der Waals surface area contributed by atoms with Crippen molar-refractivity contribution in [2.45, 2.75) is 18.9 Å². The number of carbonyl (C=O) groups is 2. The molecule has 1 atom stereocenters. The van der Waals surface area contributed by atoms with E-state index in [4.69, 9.17) is 0 Å². The van der Waals surface area contributed by atoms with E-state index >= 15 is 0 Å². The number of hydrogen-bond donors (Lipinski definition) is 1. The Hall–Kier alpha value is -3.02. The Morgan fingerprint density at radius 1 is 1.17 bits per heavy atom. The second-order valence-corrected chi connectivity index (χ2v) is 5.76. The summed E-state index contributed by atoms with van der Waals surface area (Å²) in [5.41, 5.74) is 2.13. The number of hydrogen-bond acceptors (Lipinski definition) is 3. The normalized spacial score (nSPS) is 16.9. The average Bonchev–Trinajstić information content (AvgIpc) is 2.95. The summed E-state index contributed by atoms with van der Waals surface area (Å²) >= 11 is 0. The van der Waals surface area contributed by atoms with Crippen molar-refractivity contribution in [1.29, 1.82) is 0 Å².